The first-order valence-electron chi connectivity index (χ1n) is 6.16. The van der Waals surface area contributed by atoms with Crippen molar-refractivity contribution in [2.24, 2.45) is 0 Å². The van der Waals surface area contributed by atoms with Crippen LogP contribution in [0.25, 0.3) is 0 Å². The first-order chi connectivity index (χ1) is 7.63. The third kappa shape index (κ3) is 10.5. The fourth-order valence-electron chi connectivity index (χ4n) is 1.01. The Morgan fingerprint density at radius 2 is 1.76 bits per heavy atom. The number of unbranched alkanes of at least 4 members (excludes halogenated alkanes) is 1. The summed E-state index contributed by atoms with van der Waals surface area (Å²) in [6.45, 7) is 12.8. The number of hydrogen-bond acceptors (Lipinski definition) is 1. The standard InChI is InChI=1S/C14H26OSSi/c1-14(2,3)16(15)12-10-8-7-9-11-13-17(4,5)6/h8,10H,7,9,12H2,1-6H3/b10-8+. The van der Waals surface area contributed by atoms with Crippen LogP contribution in [0.2, 0.25) is 19.6 Å². The Bertz CT molecular complexity index is 334. The molecule has 0 radical (unpaired) electrons. The largest absolute Gasteiger partial charge is 0.259 e. The van der Waals surface area contributed by atoms with Gasteiger partial charge in [0.1, 0.15) is 8.07 Å². The molecule has 1 unspecified atom stereocenters. The molecule has 0 bridgehead atoms. The molecule has 0 N–H and O–H groups in total. The molecule has 17 heavy (non-hydrogen) atoms. The Hall–Kier alpha value is -0.333. The zero-order valence-electron chi connectivity index (χ0n) is 12.1. The Morgan fingerprint density at radius 3 is 2.24 bits per heavy atom. The maximum Gasteiger partial charge on any atom is 0.129 e. The maximum absolute atomic E-state index is 11.7. The lowest BCUT2D eigenvalue weighted by Gasteiger charge is -2.15. The highest BCUT2D eigenvalue weighted by Gasteiger charge is 2.17. The summed E-state index contributed by atoms with van der Waals surface area (Å²) in [5.41, 5.74) is 3.34. The lowest BCUT2D eigenvalue weighted by Crippen LogP contribution is -2.23. The van der Waals surface area contributed by atoms with E-state index < -0.39 is 18.9 Å². The van der Waals surface area contributed by atoms with E-state index in [1.165, 1.54) is 0 Å². The molecule has 0 fully saturated rings. The number of rotatable bonds is 4. The third-order valence-corrected chi connectivity index (χ3v) is 4.78. The monoisotopic (exact) mass is 270 g/mol. The van der Waals surface area contributed by atoms with Crippen molar-refractivity contribution >= 4 is 18.9 Å². The summed E-state index contributed by atoms with van der Waals surface area (Å²) in [5, 5.41) is 0. The molecule has 1 nitrogen and oxygen atoms in total. The summed E-state index contributed by atoms with van der Waals surface area (Å²) in [5.74, 6) is 3.89. The molecule has 3 heteroatoms. The van der Waals surface area contributed by atoms with Crippen molar-refractivity contribution in [1.29, 1.82) is 0 Å². The van der Waals surface area contributed by atoms with Gasteiger partial charge in [0.05, 0.1) is 0 Å². The van der Waals surface area contributed by atoms with Gasteiger partial charge in [0.25, 0.3) is 0 Å². The summed E-state index contributed by atoms with van der Waals surface area (Å²) in [4.78, 5) is 0. The minimum Gasteiger partial charge on any atom is -0.259 e. The second kappa shape index (κ2) is 7.18. The first-order valence-corrected chi connectivity index (χ1v) is 11.0. The molecule has 0 aliphatic rings. The summed E-state index contributed by atoms with van der Waals surface area (Å²) in [7, 11) is -1.98. The highest BCUT2D eigenvalue weighted by molar-refractivity contribution is 7.86. The SMILES string of the molecule is CC(C)(C)S(=O)C/C=C/CCC#C[Si](C)(C)C. The van der Waals surface area contributed by atoms with Crippen LogP contribution in [-0.2, 0) is 10.8 Å². The molecular weight excluding hydrogens is 244 g/mol. The van der Waals surface area contributed by atoms with Gasteiger partial charge in [-0.1, -0.05) is 31.8 Å². The number of hydrogen-bond donors (Lipinski definition) is 0. The molecular formula is C14H26OSSi. The van der Waals surface area contributed by atoms with Gasteiger partial charge in [-0.05, 0) is 27.2 Å². The minimum absolute atomic E-state index is 0.109. The Labute approximate surface area is 111 Å². The van der Waals surface area contributed by atoms with Crippen LogP contribution in [0, 0.1) is 11.5 Å². The summed E-state index contributed by atoms with van der Waals surface area (Å²) >= 11 is 0. The van der Waals surface area contributed by atoms with Gasteiger partial charge in [-0.25, -0.2) is 0 Å². The van der Waals surface area contributed by atoms with Gasteiger partial charge in [0, 0.05) is 27.7 Å². The van der Waals surface area contributed by atoms with E-state index in [1.807, 2.05) is 26.8 Å². The molecule has 0 aliphatic carbocycles. The van der Waals surface area contributed by atoms with E-state index >= 15 is 0 Å². The van der Waals surface area contributed by atoms with Crippen LogP contribution >= 0.6 is 0 Å². The van der Waals surface area contributed by atoms with Crippen molar-refractivity contribution in [2.75, 3.05) is 5.75 Å². The smallest absolute Gasteiger partial charge is 0.129 e. The Kier molecular flexibility index (Phi) is 7.04. The van der Waals surface area contributed by atoms with E-state index in [4.69, 9.17) is 0 Å². The van der Waals surface area contributed by atoms with E-state index in [0.29, 0.717) is 5.75 Å². The topological polar surface area (TPSA) is 17.1 Å². The van der Waals surface area contributed by atoms with Gasteiger partial charge in [0.2, 0.25) is 0 Å². The molecule has 98 valence electrons. The molecule has 1 atom stereocenters. The van der Waals surface area contributed by atoms with Crippen LogP contribution < -0.4 is 0 Å². The normalized spacial score (nSPS) is 14.5. The van der Waals surface area contributed by atoms with Crippen molar-refractivity contribution < 1.29 is 4.21 Å². The predicted octanol–water partition coefficient (Wildman–Crippen LogP) is 3.75. The molecule has 0 aromatic carbocycles. The molecule has 0 aromatic heterocycles. The summed E-state index contributed by atoms with van der Waals surface area (Å²) < 4.78 is 11.6. The molecule has 0 saturated carbocycles. The third-order valence-electron chi connectivity index (χ3n) is 2.00. The van der Waals surface area contributed by atoms with Gasteiger partial charge in [0.15, 0.2) is 0 Å². The number of allylic oxidation sites excluding steroid dienone is 1. The second-order valence-electron chi connectivity index (χ2n) is 6.19. The van der Waals surface area contributed by atoms with Crippen molar-refractivity contribution in [2.45, 2.75) is 58.0 Å². The molecule has 0 amide bonds. The highest BCUT2D eigenvalue weighted by atomic mass is 32.2. The molecule has 0 spiro atoms. The van der Waals surface area contributed by atoms with E-state index in [9.17, 15) is 4.21 Å². The van der Waals surface area contributed by atoms with Crippen molar-refractivity contribution in [3.8, 4) is 11.5 Å². The molecule has 0 aliphatic heterocycles. The van der Waals surface area contributed by atoms with E-state index in [-0.39, 0.29) is 4.75 Å². The van der Waals surface area contributed by atoms with Crippen LogP contribution in [0.3, 0.4) is 0 Å². The molecule has 0 saturated heterocycles. The Morgan fingerprint density at radius 1 is 1.18 bits per heavy atom. The van der Waals surface area contributed by atoms with Crippen LogP contribution in [-0.4, -0.2) is 22.8 Å². The average molecular weight is 271 g/mol. The minimum atomic E-state index is -1.20. The van der Waals surface area contributed by atoms with Gasteiger partial charge >= 0.3 is 0 Å². The zero-order valence-corrected chi connectivity index (χ0v) is 13.9. The van der Waals surface area contributed by atoms with Crippen LogP contribution in [0.4, 0.5) is 0 Å². The van der Waals surface area contributed by atoms with Crippen molar-refractivity contribution in [1.82, 2.24) is 0 Å². The maximum atomic E-state index is 11.7. The molecule has 0 heterocycles. The lowest BCUT2D eigenvalue weighted by molar-refractivity contribution is 0.651. The fraction of sp³-hybridized carbons (Fsp3) is 0.714. The first kappa shape index (κ1) is 16.7. The quantitative estimate of drug-likeness (QED) is 0.329. The van der Waals surface area contributed by atoms with Crippen LogP contribution in [0.1, 0.15) is 33.6 Å². The molecule has 0 rings (SSSR count). The molecule has 0 aromatic rings. The van der Waals surface area contributed by atoms with Crippen molar-refractivity contribution in [3.05, 3.63) is 12.2 Å². The van der Waals surface area contributed by atoms with Crippen LogP contribution in [0.5, 0.6) is 0 Å². The van der Waals surface area contributed by atoms with E-state index in [0.717, 1.165) is 12.8 Å². The second-order valence-corrected chi connectivity index (χ2v) is 13.2. The van der Waals surface area contributed by atoms with Gasteiger partial charge in [-0.3, -0.25) is 4.21 Å². The van der Waals surface area contributed by atoms with Crippen molar-refractivity contribution in [3.63, 3.8) is 0 Å². The van der Waals surface area contributed by atoms with E-state index in [2.05, 4.69) is 37.2 Å². The predicted molar refractivity (Wildman–Crippen MR) is 82.3 cm³/mol. The zero-order chi connectivity index (χ0) is 13.5. The lowest BCUT2D eigenvalue weighted by atomic mass is 10.3. The van der Waals surface area contributed by atoms with Gasteiger partial charge < -0.3 is 0 Å². The summed E-state index contributed by atoms with van der Waals surface area (Å²) in [6.07, 6.45) is 6.02. The van der Waals surface area contributed by atoms with Gasteiger partial charge in [-0.2, -0.15) is 0 Å². The van der Waals surface area contributed by atoms with E-state index in [1.54, 1.807) is 0 Å². The van der Waals surface area contributed by atoms with Crippen LogP contribution in [0.15, 0.2) is 12.2 Å². The highest BCUT2D eigenvalue weighted by Crippen LogP contribution is 2.11. The summed E-state index contributed by atoms with van der Waals surface area (Å²) in [6, 6.07) is 0. The van der Waals surface area contributed by atoms with Gasteiger partial charge in [-0.15, -0.1) is 11.5 Å². The average Bonchev–Trinajstić information content (AvgIpc) is 2.12. The fourth-order valence-corrected chi connectivity index (χ4v) is 2.47. The Balaban J connectivity index is 3.84.